The Balaban J connectivity index is 1.88. The zero-order chi connectivity index (χ0) is 18.4. The normalized spacial score (nSPS) is 29.1. The predicted octanol–water partition coefficient (Wildman–Crippen LogP) is 3.04. The lowest BCUT2D eigenvalue weighted by Gasteiger charge is -2.47. The van der Waals surface area contributed by atoms with Crippen molar-refractivity contribution in [3.05, 3.63) is 35.5 Å². The number of methoxy groups -OCH3 is 1. The number of aromatic amines is 1. The largest absolute Gasteiger partial charge is 0.469 e. The molecule has 1 aromatic carbocycles. The summed E-state index contributed by atoms with van der Waals surface area (Å²) >= 11 is 0. The maximum absolute atomic E-state index is 13.1. The zero-order valence-corrected chi connectivity index (χ0v) is 15.6. The summed E-state index contributed by atoms with van der Waals surface area (Å²) in [6, 6.07) is 8.10. The third-order valence-electron chi connectivity index (χ3n) is 6.49. The Morgan fingerprint density at radius 1 is 1.31 bits per heavy atom. The molecule has 2 unspecified atom stereocenters. The fraction of sp³-hybridized carbons (Fsp3) is 0.524. The minimum atomic E-state index is -0.255. The van der Waals surface area contributed by atoms with Crippen molar-refractivity contribution in [1.29, 1.82) is 0 Å². The highest BCUT2D eigenvalue weighted by Crippen LogP contribution is 2.42. The van der Waals surface area contributed by atoms with Gasteiger partial charge in [0.25, 0.3) is 0 Å². The molecule has 1 aliphatic carbocycles. The van der Waals surface area contributed by atoms with Gasteiger partial charge in [-0.3, -0.25) is 9.59 Å². The number of nitrogens with zero attached hydrogens (tertiary/aromatic N) is 1. The lowest BCUT2D eigenvalue weighted by molar-refractivity contribution is -0.154. The average Bonchev–Trinajstić information content (AvgIpc) is 3.01. The van der Waals surface area contributed by atoms with Gasteiger partial charge in [0, 0.05) is 29.9 Å². The Bertz CT molecular complexity index is 856. The van der Waals surface area contributed by atoms with Crippen molar-refractivity contribution in [2.75, 3.05) is 20.7 Å². The average molecular weight is 354 g/mol. The smallest absolute Gasteiger partial charge is 0.310 e. The van der Waals surface area contributed by atoms with Crippen LogP contribution < -0.4 is 0 Å². The van der Waals surface area contributed by atoms with Gasteiger partial charge in [0.2, 0.25) is 0 Å². The zero-order valence-electron chi connectivity index (χ0n) is 15.6. The van der Waals surface area contributed by atoms with Gasteiger partial charge >= 0.3 is 5.97 Å². The molecule has 0 spiro atoms. The summed E-state index contributed by atoms with van der Waals surface area (Å²) in [5.74, 6) is 0.0584. The molecule has 2 bridgehead atoms. The second-order valence-corrected chi connectivity index (χ2v) is 7.74. The van der Waals surface area contributed by atoms with Crippen molar-refractivity contribution < 1.29 is 14.3 Å². The van der Waals surface area contributed by atoms with E-state index < -0.39 is 0 Å². The van der Waals surface area contributed by atoms with Crippen LogP contribution >= 0.6 is 0 Å². The number of aromatic nitrogens is 1. The molecule has 26 heavy (non-hydrogen) atoms. The number of rotatable bonds is 2. The van der Waals surface area contributed by atoms with E-state index in [1.807, 2.05) is 18.2 Å². The van der Waals surface area contributed by atoms with Crippen LogP contribution in [0.2, 0.25) is 0 Å². The molecule has 5 heteroatoms. The first-order chi connectivity index (χ1) is 12.5. The fourth-order valence-electron chi connectivity index (χ4n) is 5.15. The third kappa shape index (κ3) is 2.57. The summed E-state index contributed by atoms with van der Waals surface area (Å²) in [5, 5.41) is 1.09. The van der Waals surface area contributed by atoms with Crippen LogP contribution in [0.3, 0.4) is 0 Å². The molecule has 5 nitrogen and oxygen atoms in total. The molecule has 2 aliphatic rings. The number of carbonyl (C=O) groups is 2. The number of ether oxygens (including phenoxy) is 1. The van der Waals surface area contributed by atoms with Crippen molar-refractivity contribution in [2.24, 2.45) is 17.8 Å². The Kier molecular flexibility index (Phi) is 4.35. The molecule has 1 N–H and O–H groups in total. The molecule has 138 valence electrons. The highest BCUT2D eigenvalue weighted by molar-refractivity contribution is 6.03. The topological polar surface area (TPSA) is 62.4 Å². The van der Waals surface area contributed by atoms with Gasteiger partial charge in [-0.1, -0.05) is 31.5 Å². The number of nitrogens with one attached hydrogen (secondary N) is 1. The van der Waals surface area contributed by atoms with Gasteiger partial charge in [-0.15, -0.1) is 0 Å². The quantitative estimate of drug-likeness (QED) is 0.842. The number of ketones is 1. The molecule has 0 radical (unpaired) electrons. The van der Waals surface area contributed by atoms with Gasteiger partial charge in [-0.25, -0.2) is 0 Å². The number of benzene rings is 1. The molecule has 4 atom stereocenters. The Morgan fingerprint density at radius 3 is 2.81 bits per heavy atom. The number of H-pyrrole nitrogens is 1. The van der Waals surface area contributed by atoms with Crippen LogP contribution in [-0.4, -0.2) is 48.4 Å². The molecule has 1 aromatic heterocycles. The minimum Gasteiger partial charge on any atom is -0.469 e. The molecule has 1 saturated heterocycles. The lowest BCUT2D eigenvalue weighted by atomic mass is 9.67. The predicted molar refractivity (Wildman–Crippen MR) is 100 cm³/mol. The Morgan fingerprint density at radius 2 is 2.08 bits per heavy atom. The van der Waals surface area contributed by atoms with Crippen LogP contribution in [0.15, 0.2) is 24.3 Å². The molecular formula is C21H26N2O3. The maximum Gasteiger partial charge on any atom is 0.310 e. The van der Waals surface area contributed by atoms with Crippen molar-refractivity contribution in [3.8, 4) is 0 Å². The second kappa shape index (κ2) is 6.54. The van der Waals surface area contributed by atoms with E-state index in [0.717, 1.165) is 35.1 Å². The molecule has 0 saturated carbocycles. The second-order valence-electron chi connectivity index (χ2n) is 7.74. The van der Waals surface area contributed by atoms with Crippen LogP contribution in [0.4, 0.5) is 0 Å². The summed E-state index contributed by atoms with van der Waals surface area (Å²) in [5.41, 5.74) is 2.77. The van der Waals surface area contributed by atoms with Gasteiger partial charge in [0.1, 0.15) is 0 Å². The van der Waals surface area contributed by atoms with Crippen LogP contribution in [0.5, 0.6) is 0 Å². The van der Waals surface area contributed by atoms with E-state index in [4.69, 9.17) is 4.74 Å². The number of piperidine rings is 1. The summed E-state index contributed by atoms with van der Waals surface area (Å²) < 4.78 is 5.17. The highest BCUT2D eigenvalue weighted by Gasteiger charge is 2.48. The number of para-hydroxylation sites is 1. The molecule has 4 rings (SSSR count). The Hall–Kier alpha value is -2.14. The molecule has 1 aliphatic heterocycles. The van der Waals surface area contributed by atoms with E-state index in [1.54, 1.807) is 0 Å². The number of hydrogen-bond donors (Lipinski definition) is 1. The lowest BCUT2D eigenvalue weighted by Crippen LogP contribution is -2.56. The monoisotopic (exact) mass is 354 g/mol. The first-order valence-electron chi connectivity index (χ1n) is 9.46. The van der Waals surface area contributed by atoms with E-state index >= 15 is 0 Å². The summed E-state index contributed by atoms with van der Waals surface area (Å²) in [6.07, 6.45) is 2.05. The number of hydrogen-bond acceptors (Lipinski definition) is 4. The van der Waals surface area contributed by atoms with Gasteiger partial charge in [0.15, 0.2) is 5.78 Å². The number of esters is 1. The Labute approximate surface area is 153 Å². The summed E-state index contributed by atoms with van der Waals surface area (Å²) in [4.78, 5) is 31.5. The van der Waals surface area contributed by atoms with E-state index in [2.05, 4.69) is 29.9 Å². The number of fused-ring (bicyclic) bond motifs is 5. The van der Waals surface area contributed by atoms with Crippen molar-refractivity contribution in [2.45, 2.75) is 32.2 Å². The van der Waals surface area contributed by atoms with Gasteiger partial charge < -0.3 is 14.6 Å². The van der Waals surface area contributed by atoms with Gasteiger partial charge in [0.05, 0.1) is 18.7 Å². The molecule has 1 fully saturated rings. The standard InChI is InChI=1S/C21H26N2O3/c1-4-12-11-23(2)17-9-15-13-7-5-6-8-16(13)22-20(15)18(24)10-14(12)19(17)21(25)26-3/h5-8,12,14,17,19,22H,4,9-11H2,1-3H3/t12-,14?,17+,19?/m1/s1. The summed E-state index contributed by atoms with van der Waals surface area (Å²) in [7, 11) is 3.55. The van der Waals surface area contributed by atoms with Crippen LogP contribution in [0, 0.1) is 17.8 Å². The molecule has 2 heterocycles. The molecular weight excluding hydrogens is 328 g/mol. The fourth-order valence-corrected chi connectivity index (χ4v) is 5.15. The van der Waals surface area contributed by atoms with E-state index in [-0.39, 0.29) is 29.6 Å². The van der Waals surface area contributed by atoms with E-state index in [0.29, 0.717) is 18.8 Å². The number of carbonyl (C=O) groups excluding carboxylic acids is 2. The summed E-state index contributed by atoms with van der Waals surface area (Å²) in [6.45, 7) is 3.06. The number of Topliss-reactive ketones (excluding diaryl/α,β-unsaturated/α-hetero) is 1. The first kappa shape index (κ1) is 17.3. The van der Waals surface area contributed by atoms with Gasteiger partial charge in [-0.2, -0.15) is 0 Å². The van der Waals surface area contributed by atoms with Crippen LogP contribution in [-0.2, 0) is 16.0 Å². The third-order valence-corrected chi connectivity index (χ3v) is 6.49. The van der Waals surface area contributed by atoms with Gasteiger partial charge in [-0.05, 0) is 36.9 Å². The van der Waals surface area contributed by atoms with Crippen molar-refractivity contribution >= 4 is 22.7 Å². The van der Waals surface area contributed by atoms with E-state index in [9.17, 15) is 9.59 Å². The number of likely N-dealkylation sites (tertiary alicyclic amines) is 1. The van der Waals surface area contributed by atoms with Crippen molar-refractivity contribution in [3.63, 3.8) is 0 Å². The highest BCUT2D eigenvalue weighted by atomic mass is 16.5. The SMILES string of the molecule is CC[C@@H]1CN(C)[C@H]2Cc3c([nH]c4ccccc34)C(=O)CC1C2C(=O)OC. The van der Waals surface area contributed by atoms with Crippen molar-refractivity contribution in [1.82, 2.24) is 9.88 Å². The molecule has 0 amide bonds. The van der Waals surface area contributed by atoms with Crippen LogP contribution in [0.25, 0.3) is 10.9 Å². The molecule has 2 aromatic rings. The van der Waals surface area contributed by atoms with E-state index in [1.165, 1.54) is 7.11 Å². The number of likely N-dealkylation sites (N-methyl/N-ethyl adjacent to an activating group) is 1. The first-order valence-corrected chi connectivity index (χ1v) is 9.46. The maximum atomic E-state index is 13.1. The minimum absolute atomic E-state index is 0.0423. The van der Waals surface area contributed by atoms with Crippen LogP contribution in [0.1, 0.15) is 35.8 Å².